The lowest BCUT2D eigenvalue weighted by Gasteiger charge is -2.18. The first-order valence-electron chi connectivity index (χ1n) is 7.23. The van der Waals surface area contributed by atoms with Crippen molar-refractivity contribution in [3.63, 3.8) is 0 Å². The van der Waals surface area contributed by atoms with Gasteiger partial charge in [-0.2, -0.15) is 0 Å². The molecule has 13 heteroatoms. The number of ether oxygens (including phenoxy) is 1. The molecule has 1 aromatic heterocycles. The van der Waals surface area contributed by atoms with Crippen molar-refractivity contribution in [1.82, 2.24) is 9.55 Å². The average molecular weight is 392 g/mol. The molecule has 2 heterocycles. The third-order valence-electron chi connectivity index (χ3n) is 3.60. The van der Waals surface area contributed by atoms with Crippen LogP contribution in [0.4, 0.5) is 0 Å². The normalized spacial score (nSPS) is 27.8. The van der Waals surface area contributed by atoms with Crippen molar-refractivity contribution in [3.05, 3.63) is 39.2 Å². The van der Waals surface area contributed by atoms with E-state index in [4.69, 9.17) is 9.84 Å². The van der Waals surface area contributed by atoms with Gasteiger partial charge in [-0.25, -0.2) is 4.79 Å². The van der Waals surface area contributed by atoms with Gasteiger partial charge in [0, 0.05) is 6.20 Å². The lowest BCUT2D eigenvalue weighted by Crippen LogP contribution is -2.38. The average Bonchev–Trinajstić information content (AvgIpc) is 2.80. The molecule has 0 aromatic carbocycles. The number of H-pyrrole nitrogens is 1. The highest BCUT2D eigenvalue weighted by Crippen LogP contribution is 2.42. The third-order valence-corrected chi connectivity index (χ3v) is 4.82. The maximum Gasteiger partial charge on any atom is 0.339 e. The van der Waals surface area contributed by atoms with Gasteiger partial charge in [0.1, 0.15) is 24.5 Å². The molecule has 26 heavy (non-hydrogen) atoms. The van der Waals surface area contributed by atoms with Crippen LogP contribution < -0.4 is 11.2 Å². The number of nitrogens with one attached hydrogen (secondary N) is 1. The van der Waals surface area contributed by atoms with Crippen LogP contribution in [-0.2, 0) is 18.6 Å². The number of aromatic amines is 1. The molecule has 12 nitrogen and oxygen atoms in total. The minimum atomic E-state index is -4.47. The summed E-state index contributed by atoms with van der Waals surface area (Å²) in [7, 11) is -4.47. The smallest absolute Gasteiger partial charge is 0.339 e. The second kappa shape index (κ2) is 7.66. The Bertz CT molecular complexity index is 861. The summed E-state index contributed by atoms with van der Waals surface area (Å²) in [6.07, 6.45) is -4.88. The van der Waals surface area contributed by atoms with Crippen molar-refractivity contribution in [3.8, 4) is 0 Å². The molecule has 1 saturated heterocycles. The molecule has 5 atom stereocenters. The number of carboxylic acids is 1. The lowest BCUT2D eigenvalue weighted by molar-refractivity contribution is -0.134. The molecule has 1 fully saturated rings. The van der Waals surface area contributed by atoms with Crippen LogP contribution in [0.25, 0.3) is 6.08 Å². The van der Waals surface area contributed by atoms with Crippen LogP contribution in [0.15, 0.2) is 22.4 Å². The number of aliphatic hydroxyl groups is 2. The molecule has 0 bridgehead atoms. The molecule has 1 aliphatic heterocycles. The van der Waals surface area contributed by atoms with Crippen LogP contribution in [0.2, 0.25) is 0 Å². The Kier molecular flexibility index (Phi) is 5.96. The van der Waals surface area contributed by atoms with E-state index < -0.39 is 62.1 Å². The summed E-state index contributed by atoms with van der Waals surface area (Å²) in [4.78, 5) is 45.3. The lowest BCUT2D eigenvalue weighted by atomic mass is 10.1. The summed E-state index contributed by atoms with van der Waals surface area (Å²) in [6, 6.07) is 0. The zero-order valence-electron chi connectivity index (χ0n) is 13.2. The molecule has 0 aliphatic carbocycles. The highest BCUT2D eigenvalue weighted by Gasteiger charge is 2.45. The molecule has 1 aromatic rings. The van der Waals surface area contributed by atoms with Gasteiger partial charge in [-0.05, 0) is 0 Å². The fourth-order valence-electron chi connectivity index (χ4n) is 2.34. The number of aromatic nitrogens is 2. The Labute approximate surface area is 145 Å². The number of rotatable bonds is 7. The Morgan fingerprint density at radius 1 is 1.42 bits per heavy atom. The van der Waals surface area contributed by atoms with Gasteiger partial charge in [0.05, 0.1) is 12.2 Å². The van der Waals surface area contributed by atoms with E-state index in [0.717, 1.165) is 10.8 Å². The van der Waals surface area contributed by atoms with E-state index >= 15 is 0 Å². The van der Waals surface area contributed by atoms with Gasteiger partial charge < -0.3 is 29.5 Å². The minimum Gasteiger partial charge on any atom is -0.481 e. The molecule has 144 valence electrons. The van der Waals surface area contributed by atoms with Crippen molar-refractivity contribution in [2.75, 3.05) is 12.8 Å². The van der Waals surface area contributed by atoms with Crippen LogP contribution in [0, 0.1) is 0 Å². The molecule has 5 N–H and O–H groups in total. The van der Waals surface area contributed by atoms with Crippen LogP contribution in [-0.4, -0.2) is 66.8 Å². The summed E-state index contributed by atoms with van der Waals surface area (Å²) in [5.74, 6) is -1.56. The minimum absolute atomic E-state index is 0.0101. The zero-order valence-corrected chi connectivity index (χ0v) is 14.1. The van der Waals surface area contributed by atoms with E-state index in [0.29, 0.717) is 0 Å². The Balaban J connectivity index is 2.19. The summed E-state index contributed by atoms with van der Waals surface area (Å²) in [5, 5.41) is 28.6. The largest absolute Gasteiger partial charge is 0.481 e. The number of carbonyl (C=O) groups is 1. The number of aliphatic carboxylic acids is 1. The Morgan fingerprint density at radius 3 is 2.65 bits per heavy atom. The van der Waals surface area contributed by atoms with Gasteiger partial charge in [0.15, 0.2) is 6.23 Å². The van der Waals surface area contributed by atoms with Crippen LogP contribution in [0.3, 0.4) is 0 Å². The van der Waals surface area contributed by atoms with Gasteiger partial charge >= 0.3 is 19.3 Å². The summed E-state index contributed by atoms with van der Waals surface area (Å²) in [6.45, 7) is 2.70. The van der Waals surface area contributed by atoms with Crippen LogP contribution >= 0.6 is 7.60 Å². The van der Waals surface area contributed by atoms with Crippen molar-refractivity contribution in [1.29, 1.82) is 0 Å². The number of aliphatic hydroxyl groups excluding tert-OH is 2. The summed E-state index contributed by atoms with van der Waals surface area (Å²) >= 11 is 0. The second-order valence-electron chi connectivity index (χ2n) is 5.49. The van der Waals surface area contributed by atoms with Crippen LogP contribution in [0.5, 0.6) is 0 Å². The summed E-state index contributed by atoms with van der Waals surface area (Å²) in [5.41, 5.74) is -1.61. The Morgan fingerprint density at radius 2 is 2.08 bits per heavy atom. The predicted octanol–water partition coefficient (Wildman–Crippen LogP) is -1.91. The topological polar surface area (TPSA) is 188 Å². The molecule has 1 unspecified atom stereocenters. The van der Waals surface area contributed by atoms with E-state index in [1.54, 1.807) is 0 Å². The van der Waals surface area contributed by atoms with E-state index in [1.807, 2.05) is 4.98 Å². The van der Waals surface area contributed by atoms with Crippen molar-refractivity contribution in [2.24, 2.45) is 0 Å². The van der Waals surface area contributed by atoms with E-state index in [-0.39, 0.29) is 5.56 Å². The van der Waals surface area contributed by atoms with Crippen molar-refractivity contribution in [2.45, 2.75) is 24.5 Å². The van der Waals surface area contributed by atoms with Crippen LogP contribution in [0.1, 0.15) is 11.8 Å². The molecular weight excluding hydrogens is 375 g/mol. The SMILES string of the molecule is C=Cc1cn([C@@H]2O[C@H](COP(=O)(O)CC(=O)O)[C@@H](O)[C@@H]2O)c(=O)[nH]c1=O. The first-order chi connectivity index (χ1) is 12.1. The van der Waals surface area contributed by atoms with E-state index in [2.05, 4.69) is 11.1 Å². The molecule has 0 saturated carbocycles. The zero-order chi connectivity index (χ0) is 19.6. The molecule has 1 aliphatic rings. The van der Waals surface area contributed by atoms with Gasteiger partial charge in [-0.1, -0.05) is 12.7 Å². The third kappa shape index (κ3) is 4.36. The maximum atomic E-state index is 11.9. The standard InChI is InChI=1S/C13H17N2O10P/c1-2-6-3-15(13(21)14-11(6)20)12-10(19)9(18)7(25-12)4-24-26(22,23)5-8(16)17/h2-3,7,9-10,12,18-19H,1,4-5H2,(H,16,17)(H,22,23)(H,14,20,21)/t7-,9-,10+,12-/m1/s1. The van der Waals surface area contributed by atoms with Gasteiger partial charge in [0.25, 0.3) is 5.56 Å². The molecule has 0 amide bonds. The summed E-state index contributed by atoms with van der Waals surface area (Å²) < 4.78 is 22.3. The highest BCUT2D eigenvalue weighted by molar-refractivity contribution is 7.53. The van der Waals surface area contributed by atoms with E-state index in [1.165, 1.54) is 6.08 Å². The first-order valence-corrected chi connectivity index (χ1v) is 8.99. The monoisotopic (exact) mass is 392 g/mol. The van der Waals surface area contributed by atoms with E-state index in [9.17, 15) is 34.1 Å². The quantitative estimate of drug-likeness (QED) is 0.327. The fourth-order valence-corrected chi connectivity index (χ4v) is 3.15. The van der Waals surface area contributed by atoms with Gasteiger partial charge in [-0.15, -0.1) is 0 Å². The number of hydrogen-bond acceptors (Lipinski definition) is 8. The molecule has 0 spiro atoms. The number of hydrogen-bond donors (Lipinski definition) is 5. The Hall–Kier alpha value is -2.08. The van der Waals surface area contributed by atoms with Crippen molar-refractivity contribution >= 4 is 19.6 Å². The predicted molar refractivity (Wildman–Crippen MR) is 85.6 cm³/mol. The fraction of sp³-hybridized carbons (Fsp3) is 0.462. The maximum absolute atomic E-state index is 11.9. The van der Waals surface area contributed by atoms with Gasteiger partial charge in [-0.3, -0.25) is 23.7 Å². The second-order valence-corrected chi connectivity index (χ2v) is 7.34. The molecule has 0 radical (unpaired) electrons. The first kappa shape index (κ1) is 20.2. The number of nitrogens with zero attached hydrogens (tertiary/aromatic N) is 1. The highest BCUT2D eigenvalue weighted by atomic mass is 31.2. The molecular formula is C13H17N2O10P. The number of carboxylic acid groups (broad SMARTS) is 1. The molecule has 2 rings (SSSR count). The van der Waals surface area contributed by atoms with Crippen molar-refractivity contribution < 1.29 is 38.8 Å². The van der Waals surface area contributed by atoms with Gasteiger partial charge in [0.2, 0.25) is 0 Å².